The van der Waals surface area contributed by atoms with Crippen molar-refractivity contribution < 1.29 is 9.53 Å². The van der Waals surface area contributed by atoms with Crippen molar-refractivity contribution in [2.75, 3.05) is 19.7 Å². The molecule has 0 saturated carbocycles. The number of carbonyl (C=O) groups excluding carboxylic acids is 1. The van der Waals surface area contributed by atoms with Gasteiger partial charge in [-0.25, -0.2) is 9.78 Å². The Bertz CT molecular complexity index is 656. The first-order chi connectivity index (χ1) is 11.8. The maximum absolute atomic E-state index is 11.6. The molecule has 1 amide bonds. The highest BCUT2D eigenvalue weighted by atomic mass is 16.5. The van der Waals surface area contributed by atoms with Gasteiger partial charge in [-0.15, -0.1) is 0 Å². The molecular formula is C18H24N4O2. The van der Waals surface area contributed by atoms with Crippen LogP contribution in [0.4, 0.5) is 4.79 Å². The number of likely N-dealkylation sites (tertiary alicyclic amines) is 1. The predicted molar refractivity (Wildman–Crippen MR) is 92.0 cm³/mol. The van der Waals surface area contributed by atoms with Crippen LogP contribution in [0.25, 0.3) is 5.69 Å². The molecule has 0 unspecified atom stereocenters. The lowest BCUT2D eigenvalue weighted by molar-refractivity contribution is 0.131. The number of imidazole rings is 1. The van der Waals surface area contributed by atoms with E-state index in [1.807, 2.05) is 37.5 Å². The number of ether oxygens (including phenoxy) is 1. The SMILES string of the molecule is CCOC(=O)N[C@H]1CCCN(Cc2nccn2-c2ccccc2)C1. The fourth-order valence-corrected chi connectivity index (χ4v) is 3.13. The predicted octanol–water partition coefficient (Wildman–Crippen LogP) is 2.58. The maximum atomic E-state index is 11.6. The van der Waals surface area contributed by atoms with Crippen molar-refractivity contribution >= 4 is 6.09 Å². The Kier molecular flexibility index (Phi) is 5.48. The zero-order valence-corrected chi connectivity index (χ0v) is 14.0. The van der Waals surface area contributed by atoms with Crippen LogP contribution in [-0.4, -0.2) is 46.3 Å². The lowest BCUT2D eigenvalue weighted by Gasteiger charge is -2.32. The smallest absolute Gasteiger partial charge is 0.407 e. The summed E-state index contributed by atoms with van der Waals surface area (Å²) >= 11 is 0. The molecule has 1 aromatic heterocycles. The van der Waals surface area contributed by atoms with Gasteiger partial charge >= 0.3 is 6.09 Å². The molecule has 0 spiro atoms. The van der Waals surface area contributed by atoms with E-state index < -0.39 is 0 Å². The Balaban J connectivity index is 1.62. The van der Waals surface area contributed by atoms with Crippen molar-refractivity contribution in [2.24, 2.45) is 0 Å². The number of nitrogens with one attached hydrogen (secondary N) is 1. The molecule has 1 atom stereocenters. The second-order valence-electron chi connectivity index (χ2n) is 5.99. The van der Waals surface area contributed by atoms with Crippen molar-refractivity contribution in [2.45, 2.75) is 32.4 Å². The van der Waals surface area contributed by atoms with Gasteiger partial charge in [0.25, 0.3) is 0 Å². The number of hydrogen-bond donors (Lipinski definition) is 1. The van der Waals surface area contributed by atoms with Crippen LogP contribution in [-0.2, 0) is 11.3 Å². The fourth-order valence-electron chi connectivity index (χ4n) is 3.13. The summed E-state index contributed by atoms with van der Waals surface area (Å²) in [6.07, 6.45) is 5.55. The first-order valence-corrected chi connectivity index (χ1v) is 8.49. The summed E-state index contributed by atoms with van der Waals surface area (Å²) in [7, 11) is 0. The van der Waals surface area contributed by atoms with Crippen molar-refractivity contribution in [1.29, 1.82) is 0 Å². The molecule has 1 saturated heterocycles. The topological polar surface area (TPSA) is 59.4 Å². The van der Waals surface area contributed by atoms with Crippen molar-refractivity contribution in [3.63, 3.8) is 0 Å². The molecule has 0 aliphatic carbocycles. The maximum Gasteiger partial charge on any atom is 0.407 e. The molecule has 1 aliphatic rings. The molecule has 3 rings (SSSR count). The summed E-state index contributed by atoms with van der Waals surface area (Å²) in [5.74, 6) is 1.01. The Morgan fingerprint density at radius 2 is 2.21 bits per heavy atom. The normalized spacial score (nSPS) is 18.3. The highest BCUT2D eigenvalue weighted by Crippen LogP contribution is 2.16. The molecule has 2 aromatic rings. The van der Waals surface area contributed by atoms with Gasteiger partial charge in [-0.05, 0) is 38.4 Å². The third-order valence-corrected chi connectivity index (χ3v) is 4.22. The van der Waals surface area contributed by atoms with Crippen LogP contribution in [0, 0.1) is 0 Å². The number of aromatic nitrogens is 2. The van der Waals surface area contributed by atoms with Gasteiger partial charge in [0.2, 0.25) is 0 Å². The average molecular weight is 328 g/mol. The summed E-state index contributed by atoms with van der Waals surface area (Å²) < 4.78 is 7.09. The average Bonchev–Trinajstić information content (AvgIpc) is 3.04. The Morgan fingerprint density at radius 3 is 3.00 bits per heavy atom. The minimum Gasteiger partial charge on any atom is -0.450 e. The lowest BCUT2D eigenvalue weighted by atomic mass is 10.1. The van der Waals surface area contributed by atoms with Crippen molar-refractivity contribution in [3.05, 3.63) is 48.5 Å². The number of alkyl carbamates (subject to hydrolysis) is 1. The zero-order valence-electron chi connectivity index (χ0n) is 14.0. The van der Waals surface area contributed by atoms with Gasteiger partial charge in [0.05, 0.1) is 13.2 Å². The third-order valence-electron chi connectivity index (χ3n) is 4.22. The van der Waals surface area contributed by atoms with Crippen LogP contribution in [0.1, 0.15) is 25.6 Å². The lowest BCUT2D eigenvalue weighted by Crippen LogP contribution is -2.47. The summed E-state index contributed by atoms with van der Waals surface area (Å²) in [6, 6.07) is 10.4. The van der Waals surface area contributed by atoms with Crippen molar-refractivity contribution in [1.82, 2.24) is 19.8 Å². The Labute approximate surface area is 142 Å². The molecule has 1 aliphatic heterocycles. The first kappa shape index (κ1) is 16.5. The highest BCUT2D eigenvalue weighted by molar-refractivity contribution is 5.67. The van der Waals surface area contributed by atoms with E-state index in [1.54, 1.807) is 0 Å². The second kappa shape index (κ2) is 7.97. The van der Waals surface area contributed by atoms with Gasteiger partial charge in [-0.2, -0.15) is 0 Å². The molecule has 1 aromatic carbocycles. The van der Waals surface area contributed by atoms with Gasteiger partial charge in [0.1, 0.15) is 5.82 Å². The largest absolute Gasteiger partial charge is 0.450 e. The van der Waals surface area contributed by atoms with E-state index in [0.717, 1.165) is 44.0 Å². The van der Waals surface area contributed by atoms with Crippen LogP contribution >= 0.6 is 0 Å². The number of benzene rings is 1. The minimum atomic E-state index is -0.324. The van der Waals surface area contributed by atoms with E-state index in [-0.39, 0.29) is 12.1 Å². The number of piperidine rings is 1. The summed E-state index contributed by atoms with van der Waals surface area (Å²) in [5.41, 5.74) is 1.11. The fraction of sp³-hybridized carbons (Fsp3) is 0.444. The van der Waals surface area contributed by atoms with Gasteiger partial charge in [0.15, 0.2) is 0 Å². The zero-order chi connectivity index (χ0) is 16.8. The summed E-state index contributed by atoms with van der Waals surface area (Å²) in [4.78, 5) is 18.5. The van der Waals surface area contributed by atoms with E-state index in [0.29, 0.717) is 6.61 Å². The number of carbonyl (C=O) groups is 1. The van der Waals surface area contributed by atoms with E-state index in [2.05, 4.69) is 31.9 Å². The van der Waals surface area contributed by atoms with E-state index in [4.69, 9.17) is 4.74 Å². The number of nitrogens with zero attached hydrogens (tertiary/aromatic N) is 3. The molecule has 0 bridgehead atoms. The molecule has 1 fully saturated rings. The van der Waals surface area contributed by atoms with Crippen LogP contribution in [0.2, 0.25) is 0 Å². The summed E-state index contributed by atoms with van der Waals surface area (Å²) in [5, 5.41) is 2.95. The quantitative estimate of drug-likeness (QED) is 0.916. The van der Waals surface area contributed by atoms with Crippen LogP contribution < -0.4 is 5.32 Å². The summed E-state index contributed by atoms with van der Waals surface area (Å²) in [6.45, 7) is 4.82. The molecule has 6 nitrogen and oxygen atoms in total. The number of amides is 1. The molecule has 128 valence electrons. The van der Waals surface area contributed by atoms with Gasteiger partial charge in [0, 0.05) is 30.7 Å². The number of hydrogen-bond acceptors (Lipinski definition) is 4. The third kappa shape index (κ3) is 4.14. The van der Waals surface area contributed by atoms with Crippen LogP contribution in [0.5, 0.6) is 0 Å². The minimum absolute atomic E-state index is 0.137. The van der Waals surface area contributed by atoms with E-state index in [1.165, 1.54) is 0 Å². The van der Waals surface area contributed by atoms with Gasteiger partial charge in [-0.3, -0.25) is 4.90 Å². The molecule has 24 heavy (non-hydrogen) atoms. The highest BCUT2D eigenvalue weighted by Gasteiger charge is 2.23. The molecular weight excluding hydrogens is 304 g/mol. The molecule has 0 radical (unpaired) electrons. The Morgan fingerprint density at radius 1 is 1.38 bits per heavy atom. The van der Waals surface area contributed by atoms with Crippen LogP contribution in [0.3, 0.4) is 0 Å². The standard InChI is InChI=1S/C18H24N4O2/c1-2-24-18(23)20-15-7-6-11-21(13-15)14-17-19-10-12-22(17)16-8-4-3-5-9-16/h3-5,8-10,12,15H,2,6-7,11,13-14H2,1H3,(H,20,23)/t15-/m0/s1. The van der Waals surface area contributed by atoms with E-state index >= 15 is 0 Å². The number of rotatable bonds is 5. The number of para-hydroxylation sites is 1. The van der Waals surface area contributed by atoms with Crippen LogP contribution in [0.15, 0.2) is 42.7 Å². The molecule has 2 heterocycles. The second-order valence-corrected chi connectivity index (χ2v) is 5.99. The Hall–Kier alpha value is -2.34. The van der Waals surface area contributed by atoms with E-state index in [9.17, 15) is 4.79 Å². The van der Waals surface area contributed by atoms with Gasteiger partial charge < -0.3 is 14.6 Å². The van der Waals surface area contributed by atoms with Gasteiger partial charge in [-0.1, -0.05) is 18.2 Å². The van der Waals surface area contributed by atoms with Crippen molar-refractivity contribution in [3.8, 4) is 5.69 Å². The molecule has 1 N–H and O–H groups in total. The monoisotopic (exact) mass is 328 g/mol. The first-order valence-electron chi connectivity index (χ1n) is 8.49. The molecule has 6 heteroatoms.